The molecule has 0 radical (unpaired) electrons. The molecule has 1 N–H and O–H groups in total. The third-order valence-electron chi connectivity index (χ3n) is 4.63. The van der Waals surface area contributed by atoms with E-state index in [1.807, 2.05) is 0 Å². The van der Waals surface area contributed by atoms with Crippen LogP contribution in [0.2, 0.25) is 0 Å². The molecule has 1 aromatic heterocycles. The van der Waals surface area contributed by atoms with E-state index in [1.165, 1.54) is 30.5 Å². The van der Waals surface area contributed by atoms with Crippen LogP contribution in [-0.4, -0.2) is 34.1 Å². The van der Waals surface area contributed by atoms with Gasteiger partial charge in [0.05, 0.1) is 0 Å². The first-order valence-electron chi connectivity index (χ1n) is 8.03. The lowest BCUT2D eigenvalue weighted by Crippen LogP contribution is -2.37. The van der Waals surface area contributed by atoms with Crippen molar-refractivity contribution in [1.29, 1.82) is 0 Å². The van der Waals surface area contributed by atoms with E-state index in [0.29, 0.717) is 0 Å². The maximum absolute atomic E-state index is 10.9. The van der Waals surface area contributed by atoms with Crippen LogP contribution in [0.3, 0.4) is 0 Å². The Morgan fingerprint density at radius 2 is 2.10 bits per heavy atom. The van der Waals surface area contributed by atoms with Gasteiger partial charge in [0, 0.05) is 30.8 Å². The first-order valence-corrected chi connectivity index (χ1v) is 8.03. The van der Waals surface area contributed by atoms with Gasteiger partial charge in [-0.3, -0.25) is 4.79 Å². The van der Waals surface area contributed by atoms with Crippen LogP contribution in [0.1, 0.15) is 49.8 Å². The summed E-state index contributed by atoms with van der Waals surface area (Å²) in [5, 5.41) is 9.01. The minimum atomic E-state index is -0.691. The Hall–Kier alpha value is -1.65. The number of fused-ring (bicyclic) bond motifs is 1. The van der Waals surface area contributed by atoms with E-state index in [0.717, 1.165) is 44.6 Å². The van der Waals surface area contributed by atoms with Crippen molar-refractivity contribution in [2.24, 2.45) is 5.92 Å². The van der Waals surface area contributed by atoms with E-state index < -0.39 is 5.97 Å². The zero-order valence-electron chi connectivity index (χ0n) is 12.4. The van der Waals surface area contributed by atoms with Crippen LogP contribution in [-0.2, 0) is 17.6 Å². The second-order valence-corrected chi connectivity index (χ2v) is 6.24. The van der Waals surface area contributed by atoms with Crippen molar-refractivity contribution in [2.75, 3.05) is 18.0 Å². The van der Waals surface area contributed by atoms with E-state index in [1.54, 1.807) is 6.33 Å². The molecule has 0 saturated carbocycles. The summed E-state index contributed by atoms with van der Waals surface area (Å²) in [4.78, 5) is 22.2. The quantitative estimate of drug-likeness (QED) is 0.866. The fourth-order valence-corrected chi connectivity index (χ4v) is 3.62. The number of carboxylic acids is 1. The van der Waals surface area contributed by atoms with E-state index in [2.05, 4.69) is 14.9 Å². The summed E-state index contributed by atoms with van der Waals surface area (Å²) < 4.78 is 0. The molecule has 1 aliphatic carbocycles. The highest BCUT2D eigenvalue weighted by molar-refractivity contribution is 5.67. The molecule has 5 nitrogen and oxygen atoms in total. The van der Waals surface area contributed by atoms with Gasteiger partial charge >= 0.3 is 5.97 Å². The van der Waals surface area contributed by atoms with E-state index in [9.17, 15) is 4.79 Å². The van der Waals surface area contributed by atoms with Crippen LogP contribution in [0, 0.1) is 5.92 Å². The SMILES string of the molecule is O=C(O)CC1CCCN(c2ncnc3c2CCCCC3)C1. The summed E-state index contributed by atoms with van der Waals surface area (Å²) in [6.07, 6.45) is 9.81. The Morgan fingerprint density at radius 1 is 1.24 bits per heavy atom. The monoisotopic (exact) mass is 289 g/mol. The molecule has 2 aliphatic rings. The lowest BCUT2D eigenvalue weighted by molar-refractivity contribution is -0.138. The third kappa shape index (κ3) is 3.34. The second kappa shape index (κ2) is 6.41. The topological polar surface area (TPSA) is 66.3 Å². The molecule has 21 heavy (non-hydrogen) atoms. The highest BCUT2D eigenvalue weighted by Gasteiger charge is 2.25. The minimum Gasteiger partial charge on any atom is -0.481 e. The Morgan fingerprint density at radius 3 is 2.95 bits per heavy atom. The molecule has 2 heterocycles. The molecule has 1 aromatic rings. The average Bonchev–Trinajstić information content (AvgIpc) is 2.71. The summed E-state index contributed by atoms with van der Waals surface area (Å²) in [5.41, 5.74) is 2.52. The van der Waals surface area contributed by atoms with Gasteiger partial charge in [-0.1, -0.05) is 6.42 Å². The lowest BCUT2D eigenvalue weighted by Gasteiger charge is -2.34. The van der Waals surface area contributed by atoms with Gasteiger partial charge in [-0.15, -0.1) is 0 Å². The Bertz CT molecular complexity index is 518. The number of rotatable bonds is 3. The number of nitrogens with zero attached hydrogens (tertiary/aromatic N) is 3. The summed E-state index contributed by atoms with van der Waals surface area (Å²) in [6, 6.07) is 0. The average molecular weight is 289 g/mol. The van der Waals surface area contributed by atoms with Gasteiger partial charge in [-0.2, -0.15) is 0 Å². The van der Waals surface area contributed by atoms with Crippen LogP contribution in [0.25, 0.3) is 0 Å². The molecule has 1 fully saturated rings. The van der Waals surface area contributed by atoms with Gasteiger partial charge in [0.15, 0.2) is 0 Å². The third-order valence-corrected chi connectivity index (χ3v) is 4.63. The number of aromatic nitrogens is 2. The number of aliphatic carboxylic acids is 1. The molecule has 1 atom stereocenters. The van der Waals surface area contributed by atoms with Crippen LogP contribution in [0.5, 0.6) is 0 Å². The maximum Gasteiger partial charge on any atom is 0.303 e. The molecule has 1 aliphatic heterocycles. The molecule has 3 rings (SSSR count). The van der Waals surface area contributed by atoms with Crippen molar-refractivity contribution < 1.29 is 9.90 Å². The van der Waals surface area contributed by atoms with Crippen LogP contribution >= 0.6 is 0 Å². The standard InChI is InChI=1S/C16H23N3O2/c20-15(21)9-12-5-4-8-19(10-12)16-13-6-2-1-3-7-14(13)17-11-18-16/h11-12H,1-10H2,(H,20,21). The number of carbonyl (C=O) groups is 1. The fourth-order valence-electron chi connectivity index (χ4n) is 3.62. The van der Waals surface area contributed by atoms with Gasteiger partial charge in [-0.25, -0.2) is 9.97 Å². The molecule has 5 heteroatoms. The zero-order chi connectivity index (χ0) is 14.7. The van der Waals surface area contributed by atoms with Crippen LogP contribution in [0.4, 0.5) is 5.82 Å². The smallest absolute Gasteiger partial charge is 0.303 e. The molecule has 114 valence electrons. The van der Waals surface area contributed by atoms with Gasteiger partial charge < -0.3 is 10.0 Å². The number of aryl methyl sites for hydroxylation is 1. The fraction of sp³-hybridized carbons (Fsp3) is 0.688. The van der Waals surface area contributed by atoms with Gasteiger partial charge in [0.2, 0.25) is 0 Å². The normalized spacial score (nSPS) is 22.5. The Kier molecular flexibility index (Phi) is 4.36. The molecule has 0 bridgehead atoms. The highest BCUT2D eigenvalue weighted by atomic mass is 16.4. The van der Waals surface area contributed by atoms with Crippen LogP contribution < -0.4 is 4.90 Å². The first kappa shape index (κ1) is 14.3. The molecule has 0 amide bonds. The van der Waals surface area contributed by atoms with E-state index in [4.69, 9.17) is 5.11 Å². The number of carboxylic acid groups (broad SMARTS) is 1. The van der Waals surface area contributed by atoms with Crippen molar-refractivity contribution in [3.8, 4) is 0 Å². The molecule has 1 unspecified atom stereocenters. The Balaban J connectivity index is 1.81. The largest absolute Gasteiger partial charge is 0.481 e. The number of anilines is 1. The predicted octanol–water partition coefficient (Wildman–Crippen LogP) is 2.44. The predicted molar refractivity (Wildman–Crippen MR) is 80.5 cm³/mol. The van der Waals surface area contributed by atoms with E-state index in [-0.39, 0.29) is 12.3 Å². The maximum atomic E-state index is 10.9. The summed E-state index contributed by atoms with van der Waals surface area (Å²) in [7, 11) is 0. The van der Waals surface area contributed by atoms with Crippen molar-refractivity contribution in [3.63, 3.8) is 0 Å². The van der Waals surface area contributed by atoms with Crippen molar-refractivity contribution in [2.45, 2.75) is 51.4 Å². The second-order valence-electron chi connectivity index (χ2n) is 6.24. The number of piperidine rings is 1. The molecular weight excluding hydrogens is 266 g/mol. The van der Waals surface area contributed by atoms with Crippen molar-refractivity contribution in [3.05, 3.63) is 17.6 Å². The summed E-state index contributed by atoms with van der Waals surface area (Å²) in [6.45, 7) is 1.80. The zero-order valence-corrected chi connectivity index (χ0v) is 12.4. The number of hydrogen-bond acceptors (Lipinski definition) is 4. The van der Waals surface area contributed by atoms with Crippen LogP contribution in [0.15, 0.2) is 6.33 Å². The molecule has 0 aromatic carbocycles. The molecule has 0 spiro atoms. The molecule has 1 saturated heterocycles. The first-order chi connectivity index (χ1) is 10.2. The summed E-state index contributed by atoms with van der Waals surface area (Å²) >= 11 is 0. The highest BCUT2D eigenvalue weighted by Crippen LogP contribution is 2.30. The van der Waals surface area contributed by atoms with Crippen molar-refractivity contribution in [1.82, 2.24) is 9.97 Å². The molecular formula is C16H23N3O2. The lowest BCUT2D eigenvalue weighted by atomic mass is 9.94. The van der Waals surface area contributed by atoms with Gasteiger partial charge in [-0.05, 0) is 44.4 Å². The summed E-state index contributed by atoms with van der Waals surface area (Å²) in [5.74, 6) is 0.619. The number of hydrogen-bond donors (Lipinski definition) is 1. The van der Waals surface area contributed by atoms with Gasteiger partial charge in [0.1, 0.15) is 12.1 Å². The van der Waals surface area contributed by atoms with Gasteiger partial charge in [0.25, 0.3) is 0 Å². The Labute approximate surface area is 125 Å². The van der Waals surface area contributed by atoms with Crippen molar-refractivity contribution >= 4 is 11.8 Å². The van der Waals surface area contributed by atoms with E-state index >= 15 is 0 Å². The minimum absolute atomic E-state index is 0.243.